The second-order valence-electron chi connectivity index (χ2n) is 8.22. The average Bonchev–Trinajstić information content (AvgIpc) is 3.39. The van der Waals surface area contributed by atoms with Crippen LogP contribution in [-0.4, -0.2) is 41.4 Å². The second kappa shape index (κ2) is 6.38. The Labute approximate surface area is 159 Å². The van der Waals surface area contributed by atoms with Gasteiger partial charge in [0.25, 0.3) is 0 Å². The lowest BCUT2D eigenvalue weighted by atomic mass is 9.90. The second-order valence-corrected chi connectivity index (χ2v) is 8.22. The highest BCUT2D eigenvalue weighted by atomic mass is 16.6. The van der Waals surface area contributed by atoms with E-state index in [0.29, 0.717) is 19.1 Å². The molecule has 4 heteroatoms. The number of aliphatic hydroxyl groups excluding tert-OH is 1. The molecular formula is C23H25NO3. The van der Waals surface area contributed by atoms with Gasteiger partial charge in [0.05, 0.1) is 0 Å². The Morgan fingerprint density at radius 3 is 2.30 bits per heavy atom. The summed E-state index contributed by atoms with van der Waals surface area (Å²) in [6.45, 7) is 1.30. The van der Waals surface area contributed by atoms with Gasteiger partial charge in [-0.3, -0.25) is 0 Å². The highest BCUT2D eigenvalue weighted by Gasteiger charge is 2.53. The molecule has 4 nitrogen and oxygen atoms in total. The summed E-state index contributed by atoms with van der Waals surface area (Å²) in [5.41, 5.74) is 4.93. The molecule has 0 bridgehead atoms. The van der Waals surface area contributed by atoms with Gasteiger partial charge in [-0.1, -0.05) is 48.5 Å². The summed E-state index contributed by atoms with van der Waals surface area (Å²) in [5, 5.41) is 9.47. The van der Waals surface area contributed by atoms with Crippen molar-refractivity contribution in [3.63, 3.8) is 0 Å². The van der Waals surface area contributed by atoms with Gasteiger partial charge >= 0.3 is 6.09 Å². The van der Waals surface area contributed by atoms with Crippen molar-refractivity contribution in [3.05, 3.63) is 59.7 Å². The Balaban J connectivity index is 1.33. The van der Waals surface area contributed by atoms with Crippen molar-refractivity contribution in [1.29, 1.82) is 0 Å². The summed E-state index contributed by atoms with van der Waals surface area (Å²) in [7, 11) is 0. The lowest BCUT2D eigenvalue weighted by Gasteiger charge is -2.39. The summed E-state index contributed by atoms with van der Waals surface area (Å²) in [4.78, 5) is 14.8. The number of likely N-dealkylation sites (tertiary alicyclic amines) is 1. The number of amides is 1. The summed E-state index contributed by atoms with van der Waals surface area (Å²) in [6.07, 6.45) is 3.66. The van der Waals surface area contributed by atoms with Crippen molar-refractivity contribution >= 4 is 6.09 Å². The molecule has 1 saturated carbocycles. The highest BCUT2D eigenvalue weighted by Crippen LogP contribution is 2.50. The van der Waals surface area contributed by atoms with Crippen molar-refractivity contribution in [2.45, 2.75) is 37.1 Å². The van der Waals surface area contributed by atoms with Crippen LogP contribution in [0.15, 0.2) is 48.5 Å². The minimum atomic E-state index is -0.189. The van der Waals surface area contributed by atoms with E-state index in [-0.39, 0.29) is 24.2 Å². The van der Waals surface area contributed by atoms with E-state index >= 15 is 0 Å². The highest BCUT2D eigenvalue weighted by molar-refractivity contribution is 5.79. The number of piperidine rings is 1. The monoisotopic (exact) mass is 363 g/mol. The van der Waals surface area contributed by atoms with Crippen molar-refractivity contribution in [3.8, 4) is 11.1 Å². The SMILES string of the molecule is O=C(OCC1c2ccccc2-c2ccccc21)N1CCC(CO)CC12CC2. The van der Waals surface area contributed by atoms with Crippen LogP contribution in [0.3, 0.4) is 0 Å². The maximum Gasteiger partial charge on any atom is 0.410 e. The van der Waals surface area contributed by atoms with Crippen LogP contribution in [-0.2, 0) is 4.74 Å². The zero-order chi connectivity index (χ0) is 18.4. The van der Waals surface area contributed by atoms with Gasteiger partial charge in [0, 0.05) is 24.6 Å². The molecule has 1 spiro atoms. The molecule has 0 aromatic heterocycles. The van der Waals surface area contributed by atoms with Gasteiger partial charge in [-0.05, 0) is 53.9 Å². The van der Waals surface area contributed by atoms with E-state index in [2.05, 4.69) is 48.5 Å². The van der Waals surface area contributed by atoms with Crippen LogP contribution in [0, 0.1) is 5.92 Å². The number of carbonyl (C=O) groups is 1. The Morgan fingerprint density at radius 2 is 1.70 bits per heavy atom. The van der Waals surface area contributed by atoms with Crippen LogP contribution in [0.5, 0.6) is 0 Å². The molecule has 1 heterocycles. The van der Waals surface area contributed by atoms with Crippen LogP contribution in [0.2, 0.25) is 0 Å². The average molecular weight is 363 g/mol. The molecule has 3 aliphatic rings. The molecule has 1 aliphatic heterocycles. The number of nitrogens with zero attached hydrogens (tertiary/aromatic N) is 1. The molecule has 2 aliphatic carbocycles. The molecule has 5 rings (SSSR count). The third-order valence-electron chi connectivity index (χ3n) is 6.64. The Bertz CT molecular complexity index is 828. The number of hydrogen-bond acceptors (Lipinski definition) is 3. The first-order valence-electron chi connectivity index (χ1n) is 9.95. The molecule has 1 N–H and O–H groups in total. The van der Waals surface area contributed by atoms with Gasteiger partial charge in [0.2, 0.25) is 0 Å². The number of fused-ring (bicyclic) bond motifs is 3. The van der Waals surface area contributed by atoms with E-state index in [4.69, 9.17) is 4.74 Å². The predicted octanol–water partition coefficient (Wildman–Crippen LogP) is 4.17. The summed E-state index contributed by atoms with van der Waals surface area (Å²) < 4.78 is 5.85. The molecule has 0 radical (unpaired) electrons. The van der Waals surface area contributed by atoms with Gasteiger partial charge < -0.3 is 14.7 Å². The van der Waals surface area contributed by atoms with E-state index in [0.717, 1.165) is 25.7 Å². The van der Waals surface area contributed by atoms with Gasteiger partial charge in [-0.2, -0.15) is 0 Å². The Morgan fingerprint density at radius 1 is 1.07 bits per heavy atom. The summed E-state index contributed by atoms with van der Waals surface area (Å²) >= 11 is 0. The zero-order valence-electron chi connectivity index (χ0n) is 15.4. The van der Waals surface area contributed by atoms with Gasteiger partial charge in [0.15, 0.2) is 0 Å². The summed E-state index contributed by atoms with van der Waals surface area (Å²) in [6, 6.07) is 16.8. The fraction of sp³-hybridized carbons (Fsp3) is 0.435. The maximum absolute atomic E-state index is 12.9. The third-order valence-corrected chi connectivity index (χ3v) is 6.64. The van der Waals surface area contributed by atoms with Crippen molar-refractivity contribution in [2.24, 2.45) is 5.92 Å². The van der Waals surface area contributed by atoms with E-state index in [1.54, 1.807) is 0 Å². The first kappa shape index (κ1) is 16.8. The normalized spacial score (nSPS) is 22.4. The number of aliphatic hydroxyl groups is 1. The molecule has 1 unspecified atom stereocenters. The third kappa shape index (κ3) is 2.74. The van der Waals surface area contributed by atoms with Gasteiger partial charge in [0.1, 0.15) is 6.61 Å². The minimum absolute atomic E-state index is 0.0474. The molecule has 1 atom stereocenters. The predicted molar refractivity (Wildman–Crippen MR) is 104 cm³/mol. The van der Waals surface area contributed by atoms with E-state index < -0.39 is 0 Å². The first-order valence-corrected chi connectivity index (χ1v) is 9.95. The van der Waals surface area contributed by atoms with E-state index in [1.165, 1.54) is 22.3 Å². The molecule has 1 saturated heterocycles. The Hall–Kier alpha value is -2.33. The topological polar surface area (TPSA) is 49.8 Å². The zero-order valence-corrected chi connectivity index (χ0v) is 15.4. The lowest BCUT2D eigenvalue weighted by molar-refractivity contribution is 0.0405. The van der Waals surface area contributed by atoms with Crippen LogP contribution in [0.1, 0.15) is 42.7 Å². The molecule has 1 amide bonds. The van der Waals surface area contributed by atoms with E-state index in [1.807, 2.05) is 4.90 Å². The largest absolute Gasteiger partial charge is 0.448 e. The molecule has 2 aromatic rings. The maximum atomic E-state index is 12.9. The van der Waals surface area contributed by atoms with Crippen molar-refractivity contribution in [2.75, 3.05) is 19.8 Å². The molecule has 27 heavy (non-hydrogen) atoms. The number of hydrogen-bond donors (Lipinski definition) is 1. The number of ether oxygens (including phenoxy) is 1. The van der Waals surface area contributed by atoms with Gasteiger partial charge in [-0.25, -0.2) is 4.79 Å². The summed E-state index contributed by atoms with van der Waals surface area (Å²) in [5.74, 6) is 0.427. The molecule has 2 fully saturated rings. The molecule has 140 valence electrons. The standard InChI is InChI=1S/C23H25NO3/c25-14-16-9-12-24(23(13-16)10-11-23)22(26)27-15-21-19-7-3-1-5-17(19)18-6-2-4-8-20(18)21/h1-8,16,21,25H,9-15H2. The quantitative estimate of drug-likeness (QED) is 0.890. The van der Waals surface area contributed by atoms with Crippen LogP contribution in [0.25, 0.3) is 11.1 Å². The van der Waals surface area contributed by atoms with Crippen LogP contribution in [0.4, 0.5) is 4.79 Å². The van der Waals surface area contributed by atoms with Crippen molar-refractivity contribution < 1.29 is 14.6 Å². The smallest absolute Gasteiger partial charge is 0.410 e. The first-order chi connectivity index (χ1) is 13.2. The number of carbonyl (C=O) groups excluding carboxylic acids is 1. The fourth-order valence-electron chi connectivity index (χ4n) is 5.03. The van der Waals surface area contributed by atoms with E-state index in [9.17, 15) is 9.90 Å². The number of benzene rings is 2. The van der Waals surface area contributed by atoms with Gasteiger partial charge in [-0.15, -0.1) is 0 Å². The molecular weight excluding hydrogens is 338 g/mol. The fourth-order valence-corrected chi connectivity index (χ4v) is 5.03. The molecule has 2 aromatic carbocycles. The van der Waals surface area contributed by atoms with Crippen LogP contribution >= 0.6 is 0 Å². The minimum Gasteiger partial charge on any atom is -0.448 e. The Kier molecular flexibility index (Phi) is 3.97. The van der Waals surface area contributed by atoms with Crippen molar-refractivity contribution in [1.82, 2.24) is 4.90 Å². The van der Waals surface area contributed by atoms with Crippen LogP contribution < -0.4 is 0 Å². The number of rotatable bonds is 3. The lowest BCUT2D eigenvalue weighted by Crippen LogP contribution is -2.49.